The van der Waals surface area contributed by atoms with Crippen molar-refractivity contribution >= 4 is 0 Å². The summed E-state index contributed by atoms with van der Waals surface area (Å²) in [6.45, 7) is 2.00. The van der Waals surface area contributed by atoms with Crippen LogP contribution >= 0.6 is 0 Å². The molecule has 1 aliphatic carbocycles. The van der Waals surface area contributed by atoms with Crippen molar-refractivity contribution in [3.63, 3.8) is 0 Å². The lowest BCUT2D eigenvalue weighted by atomic mass is 10.0. The summed E-state index contributed by atoms with van der Waals surface area (Å²) in [5.41, 5.74) is 1.05. The first-order valence-corrected chi connectivity index (χ1v) is 4.79. The van der Waals surface area contributed by atoms with Gasteiger partial charge in [-0.1, -0.05) is 6.92 Å². The van der Waals surface area contributed by atoms with E-state index in [1.165, 1.54) is 12.1 Å². The molecule has 0 spiro atoms. The van der Waals surface area contributed by atoms with Crippen molar-refractivity contribution in [3.05, 3.63) is 34.9 Å². The second-order valence-corrected chi connectivity index (χ2v) is 3.87. The zero-order valence-electron chi connectivity index (χ0n) is 8.27. The minimum absolute atomic E-state index is 0.0549. The summed E-state index contributed by atoms with van der Waals surface area (Å²) in [6, 6.07) is 2.36. The van der Waals surface area contributed by atoms with Crippen LogP contribution in [-0.4, -0.2) is 7.05 Å². The fourth-order valence-electron chi connectivity index (χ4n) is 2.31. The summed E-state index contributed by atoms with van der Waals surface area (Å²) >= 11 is 0. The van der Waals surface area contributed by atoms with Gasteiger partial charge in [0.25, 0.3) is 0 Å². The molecule has 2 rings (SSSR count). The van der Waals surface area contributed by atoms with Crippen molar-refractivity contribution in [1.29, 1.82) is 0 Å². The maximum Gasteiger partial charge on any atom is 0.128 e. The van der Waals surface area contributed by atoms with Gasteiger partial charge in [0.1, 0.15) is 11.6 Å². The van der Waals surface area contributed by atoms with E-state index in [0.29, 0.717) is 17.5 Å². The first kappa shape index (κ1) is 9.59. The molecule has 1 aromatic carbocycles. The van der Waals surface area contributed by atoms with E-state index >= 15 is 0 Å². The van der Waals surface area contributed by atoms with Crippen molar-refractivity contribution in [2.45, 2.75) is 19.4 Å². The minimum Gasteiger partial charge on any atom is -0.313 e. The van der Waals surface area contributed by atoms with E-state index in [1.54, 1.807) is 7.05 Å². The molecule has 0 saturated heterocycles. The van der Waals surface area contributed by atoms with Crippen LogP contribution in [0.4, 0.5) is 8.78 Å². The highest BCUT2D eigenvalue weighted by atomic mass is 19.1. The summed E-state index contributed by atoms with van der Waals surface area (Å²) in [5.74, 6) is -0.336. The van der Waals surface area contributed by atoms with Crippen LogP contribution in [0, 0.1) is 17.6 Å². The minimum atomic E-state index is -0.301. The lowest BCUT2D eigenvalue weighted by Gasteiger charge is -2.15. The molecule has 1 aliphatic rings. The number of halogens is 2. The molecule has 0 aromatic heterocycles. The third kappa shape index (κ3) is 1.23. The lowest BCUT2D eigenvalue weighted by molar-refractivity contribution is 0.433. The predicted molar refractivity (Wildman–Crippen MR) is 51.0 cm³/mol. The van der Waals surface area contributed by atoms with Crippen LogP contribution in [0.25, 0.3) is 0 Å². The molecule has 1 N–H and O–H groups in total. The maximum atomic E-state index is 13.5. The molecular formula is C11H13F2N. The molecule has 0 bridgehead atoms. The second kappa shape index (κ2) is 3.31. The van der Waals surface area contributed by atoms with Crippen molar-refractivity contribution < 1.29 is 8.78 Å². The topological polar surface area (TPSA) is 12.0 Å². The molecule has 0 aliphatic heterocycles. The zero-order chi connectivity index (χ0) is 10.3. The van der Waals surface area contributed by atoms with Gasteiger partial charge in [-0.3, -0.25) is 0 Å². The molecule has 14 heavy (non-hydrogen) atoms. The highest BCUT2D eigenvalue weighted by Gasteiger charge is 2.32. The second-order valence-electron chi connectivity index (χ2n) is 3.87. The summed E-state index contributed by atoms with van der Waals surface area (Å²) in [5, 5.41) is 3.03. The van der Waals surface area contributed by atoms with Crippen molar-refractivity contribution in [1.82, 2.24) is 5.32 Å². The third-order valence-electron chi connectivity index (χ3n) is 2.96. The number of hydrogen-bond donors (Lipinski definition) is 1. The SMILES string of the molecule is CNC1c2c(F)ccc(F)c2CC1C. The van der Waals surface area contributed by atoms with E-state index < -0.39 is 0 Å². The van der Waals surface area contributed by atoms with Gasteiger partial charge in [-0.15, -0.1) is 0 Å². The van der Waals surface area contributed by atoms with E-state index in [2.05, 4.69) is 5.32 Å². The van der Waals surface area contributed by atoms with E-state index in [9.17, 15) is 8.78 Å². The third-order valence-corrected chi connectivity index (χ3v) is 2.96. The van der Waals surface area contributed by atoms with Crippen LogP contribution in [0.1, 0.15) is 24.1 Å². The molecule has 1 aromatic rings. The van der Waals surface area contributed by atoms with Crippen LogP contribution in [0.3, 0.4) is 0 Å². The molecule has 0 fully saturated rings. The van der Waals surface area contributed by atoms with Crippen molar-refractivity contribution in [2.24, 2.45) is 5.92 Å². The Hall–Kier alpha value is -0.960. The van der Waals surface area contributed by atoms with Gasteiger partial charge in [-0.25, -0.2) is 8.78 Å². The molecule has 76 valence electrons. The Morgan fingerprint density at radius 1 is 1.29 bits per heavy atom. The van der Waals surface area contributed by atoms with E-state index in [-0.39, 0.29) is 23.6 Å². The van der Waals surface area contributed by atoms with Crippen LogP contribution < -0.4 is 5.32 Å². The average molecular weight is 197 g/mol. The molecule has 2 unspecified atom stereocenters. The Morgan fingerprint density at radius 3 is 2.57 bits per heavy atom. The van der Waals surface area contributed by atoms with Crippen LogP contribution in [0.15, 0.2) is 12.1 Å². The standard InChI is InChI=1S/C11H13F2N/c1-6-5-7-8(12)3-4-9(13)10(7)11(6)14-2/h3-4,6,11,14H,5H2,1-2H3. The molecule has 3 heteroatoms. The van der Waals surface area contributed by atoms with Gasteiger partial charge >= 0.3 is 0 Å². The summed E-state index contributed by atoms with van der Waals surface area (Å²) < 4.78 is 26.8. The number of nitrogens with one attached hydrogen (secondary N) is 1. The fourth-order valence-corrected chi connectivity index (χ4v) is 2.31. The molecule has 1 nitrogen and oxygen atoms in total. The highest BCUT2D eigenvalue weighted by molar-refractivity contribution is 5.37. The largest absolute Gasteiger partial charge is 0.313 e. The first-order chi connectivity index (χ1) is 6.65. The molecule has 2 atom stereocenters. The molecule has 0 saturated carbocycles. The smallest absolute Gasteiger partial charge is 0.128 e. The Labute approximate surface area is 82.1 Å². The Bertz CT molecular complexity index is 363. The quantitative estimate of drug-likeness (QED) is 0.729. The Morgan fingerprint density at radius 2 is 1.93 bits per heavy atom. The van der Waals surface area contributed by atoms with Gasteiger partial charge in [-0.05, 0) is 37.1 Å². The first-order valence-electron chi connectivity index (χ1n) is 4.79. The summed E-state index contributed by atoms with van der Waals surface area (Å²) in [6.07, 6.45) is 0.616. The number of rotatable bonds is 1. The van der Waals surface area contributed by atoms with Crippen LogP contribution in [0.5, 0.6) is 0 Å². The van der Waals surface area contributed by atoms with Crippen molar-refractivity contribution in [3.8, 4) is 0 Å². The van der Waals surface area contributed by atoms with Gasteiger partial charge in [0.05, 0.1) is 0 Å². The molecule has 0 heterocycles. The number of fused-ring (bicyclic) bond motifs is 1. The average Bonchev–Trinajstić information content (AvgIpc) is 2.50. The van der Waals surface area contributed by atoms with Gasteiger partial charge < -0.3 is 5.32 Å². The number of benzene rings is 1. The molecule has 0 amide bonds. The lowest BCUT2D eigenvalue weighted by Crippen LogP contribution is -2.20. The normalized spacial score (nSPS) is 25.1. The molecule has 0 radical (unpaired) electrons. The van der Waals surface area contributed by atoms with E-state index in [1.807, 2.05) is 6.92 Å². The van der Waals surface area contributed by atoms with Crippen LogP contribution in [-0.2, 0) is 6.42 Å². The monoisotopic (exact) mass is 197 g/mol. The van der Waals surface area contributed by atoms with E-state index in [0.717, 1.165) is 0 Å². The summed E-state index contributed by atoms with van der Waals surface area (Å²) in [4.78, 5) is 0. The Balaban J connectivity index is 2.57. The van der Waals surface area contributed by atoms with Gasteiger partial charge in [0, 0.05) is 11.6 Å². The predicted octanol–water partition coefficient (Wildman–Crippen LogP) is 2.42. The van der Waals surface area contributed by atoms with E-state index in [4.69, 9.17) is 0 Å². The Kier molecular flexibility index (Phi) is 2.27. The van der Waals surface area contributed by atoms with Gasteiger partial charge in [0.2, 0.25) is 0 Å². The molecular weight excluding hydrogens is 184 g/mol. The van der Waals surface area contributed by atoms with Crippen molar-refractivity contribution in [2.75, 3.05) is 7.05 Å². The van der Waals surface area contributed by atoms with Gasteiger partial charge in [-0.2, -0.15) is 0 Å². The maximum absolute atomic E-state index is 13.5. The highest BCUT2D eigenvalue weighted by Crippen LogP contribution is 2.38. The van der Waals surface area contributed by atoms with Crippen LogP contribution in [0.2, 0.25) is 0 Å². The van der Waals surface area contributed by atoms with Gasteiger partial charge in [0.15, 0.2) is 0 Å². The zero-order valence-corrected chi connectivity index (χ0v) is 8.27. The summed E-state index contributed by atoms with van der Waals surface area (Å²) in [7, 11) is 1.78. The fraction of sp³-hybridized carbons (Fsp3) is 0.455. The number of hydrogen-bond acceptors (Lipinski definition) is 1.